The molecule has 40 heavy (non-hydrogen) atoms. The number of amides is 1. The lowest BCUT2D eigenvalue weighted by Gasteiger charge is -2.34. The molecular formula is C32H38N2O6. The monoisotopic (exact) mass is 546 g/mol. The summed E-state index contributed by atoms with van der Waals surface area (Å²) < 4.78 is 5.11. The van der Waals surface area contributed by atoms with Crippen LogP contribution in [-0.2, 0) is 14.3 Å². The van der Waals surface area contributed by atoms with E-state index in [1.807, 2.05) is 76.2 Å². The lowest BCUT2D eigenvalue weighted by Crippen LogP contribution is -2.47. The zero-order valence-electron chi connectivity index (χ0n) is 23.8. The summed E-state index contributed by atoms with van der Waals surface area (Å²) in [6, 6.07) is 13.4. The highest BCUT2D eigenvalue weighted by Crippen LogP contribution is 2.47. The topological polar surface area (TPSA) is 116 Å². The van der Waals surface area contributed by atoms with Crippen LogP contribution in [0.15, 0.2) is 64.9 Å². The molecule has 0 heterocycles. The molecular weight excluding hydrogens is 508 g/mol. The van der Waals surface area contributed by atoms with Crippen molar-refractivity contribution in [3.63, 3.8) is 0 Å². The van der Waals surface area contributed by atoms with Crippen LogP contribution in [0.3, 0.4) is 0 Å². The minimum atomic E-state index is -1.25. The number of fused-ring (bicyclic) bond motifs is 3. The third kappa shape index (κ3) is 5.81. The van der Waals surface area contributed by atoms with E-state index in [0.717, 1.165) is 22.3 Å². The zero-order valence-corrected chi connectivity index (χ0v) is 23.8. The number of hydrogen-bond donors (Lipinski definition) is 2. The highest BCUT2D eigenvalue weighted by molar-refractivity contribution is 6.23. The normalized spacial score (nSPS) is 17.4. The Morgan fingerprint density at radius 2 is 1.62 bits per heavy atom. The first-order valence-electron chi connectivity index (χ1n) is 13.7. The van der Waals surface area contributed by atoms with Crippen LogP contribution >= 0.6 is 0 Å². The zero-order chi connectivity index (χ0) is 29.2. The lowest BCUT2D eigenvalue weighted by molar-refractivity contribution is -0.143. The van der Waals surface area contributed by atoms with Gasteiger partial charge in [-0.25, -0.2) is 9.59 Å². The Morgan fingerprint density at radius 3 is 2.12 bits per heavy atom. The Morgan fingerprint density at radius 1 is 1.05 bits per heavy atom. The molecule has 8 heteroatoms. The maximum atomic E-state index is 13.2. The number of aliphatic hydroxyl groups is 1. The van der Waals surface area contributed by atoms with E-state index in [4.69, 9.17) is 4.74 Å². The van der Waals surface area contributed by atoms with Crippen molar-refractivity contribution >= 4 is 23.6 Å². The molecule has 0 saturated carbocycles. The van der Waals surface area contributed by atoms with Gasteiger partial charge >= 0.3 is 12.1 Å². The number of nitrogens with zero attached hydrogens (tertiary/aromatic N) is 2. The fourth-order valence-electron chi connectivity index (χ4n) is 5.90. The van der Waals surface area contributed by atoms with Crippen LogP contribution in [0, 0.1) is 11.3 Å². The van der Waals surface area contributed by atoms with E-state index >= 15 is 0 Å². The van der Waals surface area contributed by atoms with Gasteiger partial charge in [0, 0.05) is 25.1 Å². The molecule has 2 aliphatic carbocycles. The first-order valence-corrected chi connectivity index (χ1v) is 13.7. The van der Waals surface area contributed by atoms with Crippen molar-refractivity contribution in [2.45, 2.75) is 65.5 Å². The molecule has 212 valence electrons. The van der Waals surface area contributed by atoms with Crippen LogP contribution in [0.2, 0.25) is 0 Å². The number of aliphatic imine (C=N–C) groups is 1. The summed E-state index contributed by atoms with van der Waals surface area (Å²) in [5.74, 6) is -1.13. The van der Waals surface area contributed by atoms with E-state index in [1.165, 1.54) is 12.0 Å². The van der Waals surface area contributed by atoms with E-state index < -0.39 is 24.1 Å². The van der Waals surface area contributed by atoms with Crippen LogP contribution in [0.4, 0.5) is 4.79 Å². The Balaban J connectivity index is 1.70. The van der Waals surface area contributed by atoms with Gasteiger partial charge in [-0.05, 0) is 46.4 Å². The van der Waals surface area contributed by atoms with Gasteiger partial charge in [0.05, 0.1) is 18.7 Å². The first-order chi connectivity index (χ1) is 18.9. The summed E-state index contributed by atoms with van der Waals surface area (Å²) in [4.78, 5) is 44.9. The van der Waals surface area contributed by atoms with E-state index in [0.29, 0.717) is 25.0 Å². The lowest BCUT2D eigenvalue weighted by atomic mass is 9.75. The van der Waals surface area contributed by atoms with E-state index in [-0.39, 0.29) is 41.4 Å². The summed E-state index contributed by atoms with van der Waals surface area (Å²) in [5.41, 5.74) is 3.95. The molecule has 0 fully saturated rings. The van der Waals surface area contributed by atoms with E-state index in [1.54, 1.807) is 0 Å². The third-order valence-corrected chi connectivity index (χ3v) is 7.53. The van der Waals surface area contributed by atoms with E-state index in [2.05, 4.69) is 4.99 Å². The summed E-state index contributed by atoms with van der Waals surface area (Å²) in [5, 5.41) is 21.1. The summed E-state index contributed by atoms with van der Waals surface area (Å²) in [6.45, 7) is 7.93. The molecule has 0 aliphatic heterocycles. The molecule has 0 unspecified atom stereocenters. The molecule has 8 nitrogen and oxygen atoms in total. The number of carbonyl (C=O) groups excluding carboxylic acids is 2. The number of ether oxygens (including phenoxy) is 1. The predicted octanol–water partition coefficient (Wildman–Crippen LogP) is 6.36. The van der Waals surface area contributed by atoms with Crippen LogP contribution in [0.25, 0.3) is 11.1 Å². The van der Waals surface area contributed by atoms with Crippen molar-refractivity contribution in [2.75, 3.05) is 13.7 Å². The number of methoxy groups -OCH3 is 1. The van der Waals surface area contributed by atoms with Gasteiger partial charge in [-0.15, -0.1) is 0 Å². The minimum Gasteiger partial charge on any atom is -0.511 e. The van der Waals surface area contributed by atoms with Crippen molar-refractivity contribution < 1.29 is 29.3 Å². The number of carboxylic acids is 1. The summed E-state index contributed by atoms with van der Waals surface area (Å²) in [7, 11) is 1.24. The van der Waals surface area contributed by atoms with Gasteiger partial charge in [0.15, 0.2) is 5.78 Å². The van der Waals surface area contributed by atoms with Crippen molar-refractivity contribution in [3.05, 3.63) is 71.0 Å². The molecule has 0 aromatic heterocycles. The number of hydrogen-bond acceptors (Lipinski definition) is 6. The van der Waals surface area contributed by atoms with Crippen LogP contribution in [0.5, 0.6) is 0 Å². The SMILES string of the molecule is COC(=O)N(C1c2ccccc2-c2ccccc21)[C@H](CCN=C(CC(C)C)C1=C(O)CC(C)(C)CC1=O)C(=O)O. The second kappa shape index (κ2) is 11.7. The van der Waals surface area contributed by atoms with Crippen LogP contribution in [0.1, 0.15) is 70.5 Å². The number of rotatable bonds is 9. The number of benzene rings is 2. The molecule has 2 aromatic carbocycles. The maximum Gasteiger partial charge on any atom is 0.411 e. The molecule has 1 atom stereocenters. The first kappa shape index (κ1) is 29.1. The van der Waals surface area contributed by atoms with Gasteiger partial charge in [0.2, 0.25) is 0 Å². The van der Waals surface area contributed by atoms with Gasteiger partial charge in [0.1, 0.15) is 11.8 Å². The van der Waals surface area contributed by atoms with Crippen molar-refractivity contribution in [2.24, 2.45) is 16.3 Å². The second-order valence-corrected chi connectivity index (χ2v) is 11.8. The molecule has 1 amide bonds. The Labute approximate surface area is 235 Å². The average Bonchev–Trinajstić information content (AvgIpc) is 3.20. The summed E-state index contributed by atoms with van der Waals surface area (Å²) >= 11 is 0. The fraction of sp³-hybridized carbons (Fsp3) is 0.438. The Kier molecular flexibility index (Phi) is 8.47. The molecule has 4 rings (SSSR count). The molecule has 2 aliphatic rings. The number of carboxylic acid groups (broad SMARTS) is 1. The number of allylic oxidation sites excluding steroid dienone is 2. The third-order valence-electron chi connectivity index (χ3n) is 7.53. The number of ketones is 1. The largest absolute Gasteiger partial charge is 0.511 e. The molecule has 2 aromatic rings. The Bertz CT molecular complexity index is 1330. The maximum absolute atomic E-state index is 13.2. The smallest absolute Gasteiger partial charge is 0.411 e. The number of aliphatic hydroxyl groups excluding tert-OH is 1. The van der Waals surface area contributed by atoms with Crippen molar-refractivity contribution in [1.29, 1.82) is 0 Å². The van der Waals surface area contributed by atoms with Gasteiger partial charge in [-0.3, -0.25) is 14.7 Å². The average molecular weight is 547 g/mol. The van der Waals surface area contributed by atoms with E-state index in [9.17, 15) is 24.6 Å². The summed E-state index contributed by atoms with van der Waals surface area (Å²) in [6.07, 6.45) is 0.395. The van der Waals surface area contributed by atoms with Gasteiger partial charge < -0.3 is 14.9 Å². The van der Waals surface area contributed by atoms with Crippen LogP contribution < -0.4 is 0 Å². The number of aliphatic carboxylic acids is 1. The highest BCUT2D eigenvalue weighted by Gasteiger charge is 2.42. The second-order valence-electron chi connectivity index (χ2n) is 11.8. The molecule has 0 bridgehead atoms. The fourth-order valence-corrected chi connectivity index (χ4v) is 5.90. The quantitative estimate of drug-likeness (QED) is 0.354. The molecule has 2 N–H and O–H groups in total. The number of Topliss-reactive ketones (excluding diaryl/α,β-unsaturated/α-hetero) is 1. The van der Waals surface area contributed by atoms with Gasteiger partial charge in [0.25, 0.3) is 0 Å². The van der Waals surface area contributed by atoms with Crippen molar-refractivity contribution in [3.8, 4) is 11.1 Å². The van der Waals surface area contributed by atoms with Gasteiger partial charge in [-0.2, -0.15) is 0 Å². The van der Waals surface area contributed by atoms with Crippen molar-refractivity contribution in [1.82, 2.24) is 4.90 Å². The molecule has 0 radical (unpaired) electrons. The van der Waals surface area contributed by atoms with Crippen LogP contribution in [-0.4, -0.2) is 58.4 Å². The highest BCUT2D eigenvalue weighted by atomic mass is 16.5. The standard InChI is InChI=1S/C32H38N2O6/c1-19(2)16-24(28-26(35)17-32(3,4)18-27(28)36)33-15-14-25(30(37)38)34(31(39)40-5)29-22-12-8-6-10-20(22)21-11-7-9-13-23(21)29/h6-13,19,25,29,35H,14-18H2,1-5H3,(H,37,38)/t25-/m1/s1. The molecule has 0 spiro atoms. The Hall–Kier alpha value is -3.94. The van der Waals surface area contributed by atoms with Gasteiger partial charge in [-0.1, -0.05) is 76.2 Å². The molecule has 0 saturated heterocycles. The predicted molar refractivity (Wildman–Crippen MR) is 153 cm³/mol. The number of carbonyl (C=O) groups is 3. The minimum absolute atomic E-state index is 0.000583.